The lowest BCUT2D eigenvalue weighted by molar-refractivity contribution is 0.985. The molecule has 2 aromatic carbocycles. The van der Waals surface area contributed by atoms with E-state index in [1.54, 1.807) is 11.8 Å². The molecule has 0 aliphatic heterocycles. The monoisotopic (exact) mass is 290 g/mol. The molecule has 0 saturated heterocycles. The largest absolute Gasteiger partial charge is 0.388 e. The Kier molecular flexibility index (Phi) is 4.88. The van der Waals surface area contributed by atoms with Crippen molar-refractivity contribution in [3.8, 4) is 0 Å². The summed E-state index contributed by atoms with van der Waals surface area (Å²) in [6.07, 6.45) is 0.539. The van der Waals surface area contributed by atoms with Gasteiger partial charge in [-0.1, -0.05) is 41.9 Å². The van der Waals surface area contributed by atoms with E-state index in [4.69, 9.17) is 22.7 Å². The molecule has 1 unspecified atom stereocenters. The highest BCUT2D eigenvalue weighted by molar-refractivity contribution is 7.99. The van der Waals surface area contributed by atoms with E-state index < -0.39 is 0 Å². The van der Waals surface area contributed by atoms with Gasteiger partial charge in [-0.25, -0.2) is 0 Å². The van der Waals surface area contributed by atoms with Gasteiger partial charge in [0.2, 0.25) is 0 Å². The van der Waals surface area contributed by atoms with Gasteiger partial charge in [-0.05, 0) is 29.8 Å². The first-order valence-electron chi connectivity index (χ1n) is 5.95. The van der Waals surface area contributed by atoms with Gasteiger partial charge in [-0.15, -0.1) is 11.8 Å². The molecule has 0 heterocycles. The number of rotatable bonds is 5. The number of hydrogen-bond acceptors (Lipinski definition) is 2. The molecule has 4 heteroatoms. The molecule has 98 valence electrons. The van der Waals surface area contributed by atoms with E-state index in [0.717, 1.165) is 9.92 Å². The Morgan fingerprint density at radius 2 is 1.74 bits per heavy atom. The molecule has 0 aliphatic rings. The highest BCUT2D eigenvalue weighted by Gasteiger charge is 2.14. The average Bonchev–Trinajstić information content (AvgIpc) is 2.41. The van der Waals surface area contributed by atoms with Crippen LogP contribution in [0.5, 0.6) is 0 Å². The quantitative estimate of drug-likeness (QED) is 0.484. The normalized spacial score (nSPS) is 12.1. The van der Waals surface area contributed by atoms with Crippen LogP contribution in [0.2, 0.25) is 5.02 Å². The molecular formula is C15H15ClN2S. The topological polar surface area (TPSA) is 49.9 Å². The molecule has 3 N–H and O–H groups in total. The van der Waals surface area contributed by atoms with Gasteiger partial charge in [-0.2, -0.15) is 0 Å². The van der Waals surface area contributed by atoms with E-state index >= 15 is 0 Å². The van der Waals surface area contributed by atoms with Crippen LogP contribution in [0.4, 0.5) is 0 Å². The summed E-state index contributed by atoms with van der Waals surface area (Å²) < 4.78 is 0. The molecule has 0 aromatic heterocycles. The van der Waals surface area contributed by atoms with Crippen LogP contribution in [0.25, 0.3) is 0 Å². The van der Waals surface area contributed by atoms with Crippen molar-refractivity contribution in [2.45, 2.75) is 16.6 Å². The lowest BCUT2D eigenvalue weighted by Crippen LogP contribution is -2.13. The van der Waals surface area contributed by atoms with Gasteiger partial charge in [0.05, 0.1) is 5.84 Å². The molecular weight excluding hydrogens is 276 g/mol. The van der Waals surface area contributed by atoms with E-state index in [-0.39, 0.29) is 11.1 Å². The van der Waals surface area contributed by atoms with Gasteiger partial charge in [0, 0.05) is 21.6 Å². The zero-order valence-corrected chi connectivity index (χ0v) is 11.9. The summed E-state index contributed by atoms with van der Waals surface area (Å²) in [6.45, 7) is 0. The van der Waals surface area contributed by atoms with Crippen LogP contribution >= 0.6 is 23.4 Å². The molecule has 1 atom stereocenters. The van der Waals surface area contributed by atoms with Crippen LogP contribution in [0.1, 0.15) is 17.2 Å². The third-order valence-electron chi connectivity index (χ3n) is 2.67. The predicted molar refractivity (Wildman–Crippen MR) is 83.0 cm³/mol. The van der Waals surface area contributed by atoms with Crippen molar-refractivity contribution >= 4 is 29.2 Å². The molecule has 0 amide bonds. The van der Waals surface area contributed by atoms with Crippen LogP contribution in [-0.2, 0) is 0 Å². The Labute approximate surface area is 122 Å². The summed E-state index contributed by atoms with van der Waals surface area (Å²) in [4.78, 5) is 1.12. The molecule has 0 radical (unpaired) electrons. The minimum Gasteiger partial charge on any atom is -0.388 e. The van der Waals surface area contributed by atoms with Crippen molar-refractivity contribution in [1.82, 2.24) is 0 Å². The highest BCUT2D eigenvalue weighted by Crippen LogP contribution is 2.37. The fourth-order valence-corrected chi connectivity index (χ4v) is 3.08. The first-order chi connectivity index (χ1) is 9.15. The number of amidine groups is 1. The van der Waals surface area contributed by atoms with Crippen LogP contribution in [0, 0.1) is 5.41 Å². The van der Waals surface area contributed by atoms with E-state index in [1.807, 2.05) is 42.5 Å². The standard InChI is InChI=1S/C15H15ClN2S/c16-12-6-8-13(9-7-12)19-14(10-15(17)18)11-4-2-1-3-5-11/h1-9,14H,10H2,(H3,17,18). The molecule has 0 saturated carbocycles. The molecule has 0 bridgehead atoms. The van der Waals surface area contributed by atoms with Crippen molar-refractivity contribution in [2.24, 2.45) is 5.73 Å². The van der Waals surface area contributed by atoms with E-state index in [1.165, 1.54) is 5.56 Å². The van der Waals surface area contributed by atoms with E-state index in [9.17, 15) is 0 Å². The van der Waals surface area contributed by atoms with Gasteiger partial charge in [-0.3, -0.25) is 5.41 Å². The predicted octanol–water partition coefficient (Wildman–Crippen LogP) is 4.50. The van der Waals surface area contributed by atoms with Crippen LogP contribution in [0.15, 0.2) is 59.5 Å². The number of nitrogens with one attached hydrogen (secondary N) is 1. The highest BCUT2D eigenvalue weighted by atomic mass is 35.5. The van der Waals surface area contributed by atoms with Crippen LogP contribution in [-0.4, -0.2) is 5.84 Å². The number of nitrogens with two attached hydrogens (primary N) is 1. The fourth-order valence-electron chi connectivity index (χ4n) is 1.77. The SMILES string of the molecule is N=C(N)CC(Sc1ccc(Cl)cc1)c1ccccc1. The van der Waals surface area contributed by atoms with Crippen molar-refractivity contribution in [3.63, 3.8) is 0 Å². The average molecular weight is 291 g/mol. The zero-order valence-electron chi connectivity index (χ0n) is 10.3. The maximum absolute atomic E-state index is 7.52. The Morgan fingerprint density at radius 3 is 2.32 bits per heavy atom. The molecule has 0 aliphatic carbocycles. The Morgan fingerprint density at radius 1 is 1.11 bits per heavy atom. The number of halogens is 1. The van der Waals surface area contributed by atoms with Crippen molar-refractivity contribution < 1.29 is 0 Å². The molecule has 2 aromatic rings. The third kappa shape index (κ3) is 4.30. The third-order valence-corrected chi connectivity index (χ3v) is 4.19. The molecule has 2 rings (SSSR count). The van der Waals surface area contributed by atoms with Gasteiger partial charge < -0.3 is 5.73 Å². The maximum atomic E-state index is 7.52. The summed E-state index contributed by atoms with van der Waals surface area (Å²) in [6, 6.07) is 17.9. The van der Waals surface area contributed by atoms with Gasteiger partial charge in [0.15, 0.2) is 0 Å². The minimum absolute atomic E-state index is 0.153. The second kappa shape index (κ2) is 6.64. The van der Waals surface area contributed by atoms with Crippen molar-refractivity contribution in [1.29, 1.82) is 5.41 Å². The maximum Gasteiger partial charge on any atom is 0.0920 e. The fraction of sp³-hybridized carbons (Fsp3) is 0.133. The van der Waals surface area contributed by atoms with Gasteiger partial charge in [0.1, 0.15) is 0 Å². The number of benzene rings is 2. The lowest BCUT2D eigenvalue weighted by Gasteiger charge is -2.16. The Bertz CT molecular complexity index is 540. The summed E-state index contributed by atoms with van der Waals surface area (Å²) in [5.41, 5.74) is 6.74. The van der Waals surface area contributed by atoms with Crippen LogP contribution in [0.3, 0.4) is 0 Å². The zero-order chi connectivity index (χ0) is 13.7. The summed E-state index contributed by atoms with van der Waals surface area (Å²) >= 11 is 7.59. The Hall–Kier alpha value is -1.45. The second-order valence-corrected chi connectivity index (χ2v) is 5.91. The van der Waals surface area contributed by atoms with E-state index in [0.29, 0.717) is 6.42 Å². The molecule has 2 nitrogen and oxygen atoms in total. The summed E-state index contributed by atoms with van der Waals surface area (Å²) in [7, 11) is 0. The molecule has 0 spiro atoms. The first-order valence-corrected chi connectivity index (χ1v) is 7.21. The lowest BCUT2D eigenvalue weighted by atomic mass is 10.1. The van der Waals surface area contributed by atoms with Crippen molar-refractivity contribution in [3.05, 3.63) is 65.2 Å². The number of hydrogen-bond donors (Lipinski definition) is 2. The molecule has 0 fully saturated rings. The molecule has 19 heavy (non-hydrogen) atoms. The minimum atomic E-state index is 0.153. The first kappa shape index (κ1) is 14.0. The van der Waals surface area contributed by atoms with E-state index in [2.05, 4.69) is 12.1 Å². The number of thioether (sulfide) groups is 1. The smallest absolute Gasteiger partial charge is 0.0920 e. The van der Waals surface area contributed by atoms with Gasteiger partial charge in [0.25, 0.3) is 0 Å². The summed E-state index contributed by atoms with van der Waals surface area (Å²) in [5, 5.41) is 8.40. The van der Waals surface area contributed by atoms with Crippen LogP contribution < -0.4 is 5.73 Å². The summed E-state index contributed by atoms with van der Waals surface area (Å²) in [5.74, 6) is 0.204. The van der Waals surface area contributed by atoms with Gasteiger partial charge >= 0.3 is 0 Å². The second-order valence-electron chi connectivity index (χ2n) is 4.20. The van der Waals surface area contributed by atoms with Crippen molar-refractivity contribution in [2.75, 3.05) is 0 Å². The Balaban J connectivity index is 2.19.